The maximum Gasteiger partial charge on any atom is 0.119 e. The van der Waals surface area contributed by atoms with Crippen molar-refractivity contribution in [2.75, 3.05) is 7.11 Å². The molecule has 0 aromatic heterocycles. The SMILES string of the molecule is COc1ccc2c(ccc3c(C)c4ccccc4cc32)c1. The highest BCUT2D eigenvalue weighted by Crippen LogP contribution is 2.34. The minimum atomic E-state index is 0.902. The Morgan fingerprint density at radius 3 is 2.29 bits per heavy atom. The standard InChI is InChI=1S/C20H16O/c1-13-17-6-4-3-5-14(17)12-20-18(13)9-7-15-11-16(21-2)8-10-19(15)20/h3-12H,1-2H3. The van der Waals surface area contributed by atoms with Crippen LogP contribution in [0.3, 0.4) is 0 Å². The third-order valence-electron chi connectivity index (χ3n) is 4.34. The van der Waals surface area contributed by atoms with Gasteiger partial charge < -0.3 is 4.74 Å². The van der Waals surface area contributed by atoms with E-state index in [0.29, 0.717) is 0 Å². The first kappa shape index (κ1) is 12.2. The third-order valence-corrected chi connectivity index (χ3v) is 4.34. The van der Waals surface area contributed by atoms with Crippen molar-refractivity contribution >= 4 is 32.3 Å². The van der Waals surface area contributed by atoms with Crippen molar-refractivity contribution in [3.05, 3.63) is 66.2 Å². The average Bonchev–Trinajstić information content (AvgIpc) is 2.54. The molecule has 4 aromatic carbocycles. The van der Waals surface area contributed by atoms with Crippen LogP contribution in [0.25, 0.3) is 32.3 Å². The molecule has 0 aliphatic heterocycles. The van der Waals surface area contributed by atoms with Crippen molar-refractivity contribution in [2.45, 2.75) is 6.92 Å². The summed E-state index contributed by atoms with van der Waals surface area (Å²) in [4.78, 5) is 0. The van der Waals surface area contributed by atoms with E-state index in [9.17, 15) is 0 Å². The molecule has 0 aliphatic carbocycles. The molecule has 0 heterocycles. The lowest BCUT2D eigenvalue weighted by molar-refractivity contribution is 0.415. The zero-order chi connectivity index (χ0) is 14.4. The Labute approximate surface area is 123 Å². The van der Waals surface area contributed by atoms with Crippen LogP contribution in [-0.2, 0) is 0 Å². The highest BCUT2D eigenvalue weighted by atomic mass is 16.5. The van der Waals surface area contributed by atoms with E-state index in [2.05, 4.69) is 61.5 Å². The van der Waals surface area contributed by atoms with Gasteiger partial charge >= 0.3 is 0 Å². The first-order chi connectivity index (χ1) is 10.3. The largest absolute Gasteiger partial charge is 0.497 e. The summed E-state index contributed by atoms with van der Waals surface area (Å²) in [6.45, 7) is 2.21. The summed E-state index contributed by atoms with van der Waals surface area (Å²) < 4.78 is 5.33. The second-order valence-corrected chi connectivity index (χ2v) is 5.47. The van der Waals surface area contributed by atoms with Gasteiger partial charge in [-0.1, -0.05) is 42.5 Å². The van der Waals surface area contributed by atoms with E-state index in [1.165, 1.54) is 37.9 Å². The molecule has 0 aliphatic rings. The lowest BCUT2D eigenvalue weighted by atomic mass is 9.94. The summed E-state index contributed by atoms with van der Waals surface area (Å²) in [5.41, 5.74) is 1.35. The lowest BCUT2D eigenvalue weighted by Gasteiger charge is -2.11. The topological polar surface area (TPSA) is 9.23 Å². The summed E-state index contributed by atoms with van der Waals surface area (Å²) in [5.74, 6) is 0.902. The van der Waals surface area contributed by atoms with Crippen LogP contribution < -0.4 is 4.74 Å². The van der Waals surface area contributed by atoms with Crippen LogP contribution in [-0.4, -0.2) is 7.11 Å². The van der Waals surface area contributed by atoms with Gasteiger partial charge in [0.05, 0.1) is 7.11 Å². The fourth-order valence-corrected chi connectivity index (χ4v) is 3.21. The smallest absolute Gasteiger partial charge is 0.119 e. The molecule has 1 nitrogen and oxygen atoms in total. The van der Waals surface area contributed by atoms with Gasteiger partial charge in [-0.25, -0.2) is 0 Å². The number of benzene rings is 4. The summed E-state index contributed by atoms with van der Waals surface area (Å²) in [7, 11) is 1.71. The van der Waals surface area contributed by atoms with Gasteiger partial charge in [0.25, 0.3) is 0 Å². The molecule has 4 aromatic rings. The van der Waals surface area contributed by atoms with Crippen LogP contribution in [0.15, 0.2) is 60.7 Å². The van der Waals surface area contributed by atoms with Crippen molar-refractivity contribution < 1.29 is 4.74 Å². The molecule has 0 saturated heterocycles. The highest BCUT2D eigenvalue weighted by Gasteiger charge is 2.07. The second kappa shape index (κ2) is 4.49. The Kier molecular flexibility index (Phi) is 2.61. The maximum absolute atomic E-state index is 5.33. The molecule has 0 spiro atoms. The van der Waals surface area contributed by atoms with E-state index in [1.807, 2.05) is 6.07 Å². The van der Waals surface area contributed by atoms with Crippen molar-refractivity contribution in [2.24, 2.45) is 0 Å². The van der Waals surface area contributed by atoms with Crippen LogP contribution in [0.5, 0.6) is 5.75 Å². The third kappa shape index (κ3) is 1.78. The highest BCUT2D eigenvalue weighted by molar-refractivity contribution is 6.14. The number of aryl methyl sites for hydroxylation is 1. The first-order valence-corrected chi connectivity index (χ1v) is 7.17. The van der Waals surface area contributed by atoms with E-state index in [4.69, 9.17) is 4.74 Å². The van der Waals surface area contributed by atoms with Crippen molar-refractivity contribution in [1.82, 2.24) is 0 Å². The minimum Gasteiger partial charge on any atom is -0.497 e. The molecule has 0 bridgehead atoms. The van der Waals surface area contributed by atoms with E-state index < -0.39 is 0 Å². The van der Waals surface area contributed by atoms with Gasteiger partial charge in [-0.05, 0) is 63.0 Å². The minimum absolute atomic E-state index is 0.902. The number of ether oxygens (including phenoxy) is 1. The van der Waals surface area contributed by atoms with Crippen LogP contribution in [0.4, 0.5) is 0 Å². The summed E-state index contributed by atoms with van der Waals surface area (Å²) in [6.07, 6.45) is 0. The number of hydrogen-bond acceptors (Lipinski definition) is 1. The average molecular weight is 272 g/mol. The van der Waals surface area contributed by atoms with Gasteiger partial charge in [-0.15, -0.1) is 0 Å². The maximum atomic E-state index is 5.33. The van der Waals surface area contributed by atoms with Gasteiger partial charge in [0.2, 0.25) is 0 Å². The van der Waals surface area contributed by atoms with E-state index in [0.717, 1.165) is 5.75 Å². The van der Waals surface area contributed by atoms with Gasteiger partial charge in [0.1, 0.15) is 5.75 Å². The fourth-order valence-electron chi connectivity index (χ4n) is 3.21. The van der Waals surface area contributed by atoms with Crippen molar-refractivity contribution in [1.29, 1.82) is 0 Å². The summed E-state index contributed by atoms with van der Waals surface area (Å²) in [5, 5.41) is 7.76. The molecule has 0 unspecified atom stereocenters. The molecule has 0 saturated carbocycles. The van der Waals surface area contributed by atoms with Gasteiger partial charge in [-0.2, -0.15) is 0 Å². The molecule has 0 N–H and O–H groups in total. The van der Waals surface area contributed by atoms with Crippen LogP contribution in [0.1, 0.15) is 5.56 Å². The number of methoxy groups -OCH3 is 1. The zero-order valence-electron chi connectivity index (χ0n) is 12.2. The van der Waals surface area contributed by atoms with Crippen LogP contribution >= 0.6 is 0 Å². The van der Waals surface area contributed by atoms with E-state index in [1.54, 1.807) is 7.11 Å². The van der Waals surface area contributed by atoms with Gasteiger partial charge in [0, 0.05) is 0 Å². The molecular weight excluding hydrogens is 256 g/mol. The first-order valence-electron chi connectivity index (χ1n) is 7.17. The van der Waals surface area contributed by atoms with Crippen LogP contribution in [0.2, 0.25) is 0 Å². The Bertz CT molecular complexity index is 983. The van der Waals surface area contributed by atoms with Crippen LogP contribution in [0, 0.1) is 6.92 Å². The van der Waals surface area contributed by atoms with Crippen molar-refractivity contribution in [3.8, 4) is 5.75 Å². The molecule has 4 rings (SSSR count). The van der Waals surface area contributed by atoms with Gasteiger partial charge in [0.15, 0.2) is 0 Å². The fraction of sp³-hybridized carbons (Fsp3) is 0.100. The molecule has 0 atom stereocenters. The molecule has 0 radical (unpaired) electrons. The number of fused-ring (bicyclic) bond motifs is 4. The summed E-state index contributed by atoms with van der Waals surface area (Å²) >= 11 is 0. The molecule has 1 heteroatoms. The second-order valence-electron chi connectivity index (χ2n) is 5.47. The summed E-state index contributed by atoms with van der Waals surface area (Å²) in [6, 6.07) is 21.6. The predicted molar refractivity (Wildman–Crippen MR) is 90.2 cm³/mol. The number of rotatable bonds is 1. The molecule has 0 amide bonds. The quantitative estimate of drug-likeness (QED) is 0.330. The Balaban J connectivity index is 2.20. The van der Waals surface area contributed by atoms with E-state index in [-0.39, 0.29) is 0 Å². The molecule has 0 fully saturated rings. The Morgan fingerprint density at radius 1 is 0.667 bits per heavy atom. The monoisotopic (exact) mass is 272 g/mol. The predicted octanol–water partition coefficient (Wildman–Crippen LogP) is 5.46. The molecular formula is C20H16O. The molecule has 21 heavy (non-hydrogen) atoms. The van der Waals surface area contributed by atoms with E-state index >= 15 is 0 Å². The Morgan fingerprint density at radius 2 is 1.43 bits per heavy atom. The van der Waals surface area contributed by atoms with Crippen molar-refractivity contribution in [3.63, 3.8) is 0 Å². The molecule has 102 valence electrons. The lowest BCUT2D eigenvalue weighted by Crippen LogP contribution is -1.86. The zero-order valence-corrected chi connectivity index (χ0v) is 12.2. The van der Waals surface area contributed by atoms with Gasteiger partial charge in [-0.3, -0.25) is 0 Å². The normalized spacial score (nSPS) is 11.3. The Hall–Kier alpha value is -2.54. The number of hydrogen-bond donors (Lipinski definition) is 0.